The lowest BCUT2D eigenvalue weighted by Crippen LogP contribution is -2.01. The zero-order chi connectivity index (χ0) is 12.3. The first-order chi connectivity index (χ1) is 8.19. The second kappa shape index (κ2) is 5.04. The summed E-state index contributed by atoms with van der Waals surface area (Å²) in [6, 6.07) is 8.11. The molecule has 0 aliphatic rings. The Morgan fingerprint density at radius 1 is 1.12 bits per heavy atom. The zero-order valence-corrected chi connectivity index (χ0v) is 10.6. The highest BCUT2D eigenvalue weighted by atomic mass is 16.3. The monoisotopic (exact) mass is 230 g/mol. The maximum atomic E-state index is 5.64. The molecule has 17 heavy (non-hydrogen) atoms. The third-order valence-electron chi connectivity index (χ3n) is 2.74. The van der Waals surface area contributed by atoms with E-state index in [4.69, 9.17) is 4.42 Å². The minimum atomic E-state index is 0.700. The van der Waals surface area contributed by atoms with E-state index in [1.54, 1.807) is 0 Å². The van der Waals surface area contributed by atoms with Crippen molar-refractivity contribution in [3.8, 4) is 0 Å². The fourth-order valence-electron chi connectivity index (χ4n) is 1.76. The lowest BCUT2D eigenvalue weighted by Gasteiger charge is -2.07. The molecule has 2 rings (SSSR count). The van der Waals surface area contributed by atoms with E-state index in [1.165, 1.54) is 0 Å². The molecule has 0 saturated carbocycles. The Hall–Kier alpha value is -1.77. The molecule has 90 valence electrons. The largest absolute Gasteiger partial charge is 0.464 e. The Balaban J connectivity index is 2.02. The summed E-state index contributed by atoms with van der Waals surface area (Å²) in [7, 11) is 0. The molecule has 2 heterocycles. The molecule has 0 radical (unpaired) electrons. The van der Waals surface area contributed by atoms with Crippen LogP contribution in [-0.4, -0.2) is 4.98 Å². The van der Waals surface area contributed by atoms with Crippen molar-refractivity contribution in [2.45, 2.75) is 33.7 Å². The lowest BCUT2D eigenvalue weighted by atomic mass is 10.2. The van der Waals surface area contributed by atoms with Crippen LogP contribution in [0.2, 0.25) is 0 Å². The number of aryl methyl sites for hydroxylation is 3. The summed E-state index contributed by atoms with van der Waals surface area (Å²) < 4.78 is 5.64. The number of anilines is 1. The molecule has 0 atom stereocenters. The van der Waals surface area contributed by atoms with Crippen molar-refractivity contribution >= 4 is 5.69 Å². The second-order valence-corrected chi connectivity index (χ2v) is 4.16. The molecule has 2 aromatic rings. The van der Waals surface area contributed by atoms with Crippen LogP contribution in [-0.2, 0) is 13.0 Å². The predicted octanol–water partition coefficient (Wildman–Crippen LogP) is 3.47. The van der Waals surface area contributed by atoms with Crippen LogP contribution in [0.5, 0.6) is 0 Å². The quantitative estimate of drug-likeness (QED) is 0.874. The number of hydrogen-bond acceptors (Lipinski definition) is 3. The molecule has 3 nitrogen and oxygen atoms in total. The molecule has 0 aliphatic heterocycles. The van der Waals surface area contributed by atoms with E-state index in [-0.39, 0.29) is 0 Å². The van der Waals surface area contributed by atoms with Gasteiger partial charge in [0.2, 0.25) is 0 Å². The van der Waals surface area contributed by atoms with Gasteiger partial charge in [-0.25, -0.2) is 0 Å². The standard InChI is InChI=1S/C14H18N2O/c1-4-12-6-7-13(17-12)9-15-14-8-5-10(2)16-11(14)3/h5-8,15H,4,9H2,1-3H3. The smallest absolute Gasteiger partial charge is 0.123 e. The number of furan rings is 1. The third-order valence-corrected chi connectivity index (χ3v) is 2.74. The molecule has 1 N–H and O–H groups in total. The third kappa shape index (κ3) is 2.87. The van der Waals surface area contributed by atoms with E-state index >= 15 is 0 Å². The first kappa shape index (κ1) is 11.7. The van der Waals surface area contributed by atoms with Gasteiger partial charge < -0.3 is 9.73 Å². The van der Waals surface area contributed by atoms with Crippen molar-refractivity contribution in [1.82, 2.24) is 4.98 Å². The van der Waals surface area contributed by atoms with Crippen LogP contribution >= 0.6 is 0 Å². The minimum Gasteiger partial charge on any atom is -0.464 e. The normalized spacial score (nSPS) is 10.5. The summed E-state index contributed by atoms with van der Waals surface area (Å²) in [5.41, 5.74) is 3.12. The van der Waals surface area contributed by atoms with Gasteiger partial charge in [0.05, 0.1) is 17.9 Å². The van der Waals surface area contributed by atoms with Crippen molar-refractivity contribution in [2.24, 2.45) is 0 Å². The Morgan fingerprint density at radius 2 is 1.88 bits per heavy atom. The molecular formula is C14H18N2O. The van der Waals surface area contributed by atoms with Gasteiger partial charge >= 0.3 is 0 Å². The SMILES string of the molecule is CCc1ccc(CNc2ccc(C)nc2C)o1. The maximum Gasteiger partial charge on any atom is 0.123 e. The molecule has 0 unspecified atom stereocenters. The zero-order valence-electron chi connectivity index (χ0n) is 10.6. The van der Waals surface area contributed by atoms with Gasteiger partial charge in [-0.3, -0.25) is 4.98 Å². The highest BCUT2D eigenvalue weighted by molar-refractivity contribution is 5.47. The number of pyridine rings is 1. The molecule has 0 amide bonds. The summed E-state index contributed by atoms with van der Waals surface area (Å²) in [6.07, 6.45) is 0.936. The molecule has 0 spiro atoms. The van der Waals surface area contributed by atoms with E-state index in [1.807, 2.05) is 32.0 Å². The molecular weight excluding hydrogens is 212 g/mol. The summed E-state index contributed by atoms with van der Waals surface area (Å²) in [4.78, 5) is 4.41. The van der Waals surface area contributed by atoms with E-state index in [2.05, 4.69) is 23.3 Å². The molecule has 0 fully saturated rings. The maximum absolute atomic E-state index is 5.64. The van der Waals surface area contributed by atoms with Crippen LogP contribution in [0, 0.1) is 13.8 Å². The molecule has 0 bridgehead atoms. The van der Waals surface area contributed by atoms with E-state index in [0.29, 0.717) is 6.54 Å². The highest BCUT2D eigenvalue weighted by Crippen LogP contribution is 2.15. The molecule has 0 saturated heterocycles. The van der Waals surface area contributed by atoms with Crippen molar-refractivity contribution < 1.29 is 4.42 Å². The molecule has 0 aromatic carbocycles. The Bertz CT molecular complexity index is 503. The van der Waals surface area contributed by atoms with Gasteiger partial charge in [0.15, 0.2) is 0 Å². The fourth-order valence-corrected chi connectivity index (χ4v) is 1.76. The number of aromatic nitrogens is 1. The number of nitrogens with one attached hydrogen (secondary N) is 1. The summed E-state index contributed by atoms with van der Waals surface area (Å²) in [5.74, 6) is 1.99. The van der Waals surface area contributed by atoms with Crippen molar-refractivity contribution in [2.75, 3.05) is 5.32 Å². The van der Waals surface area contributed by atoms with Gasteiger partial charge in [0.25, 0.3) is 0 Å². The predicted molar refractivity (Wildman–Crippen MR) is 69.1 cm³/mol. The van der Waals surface area contributed by atoms with E-state index < -0.39 is 0 Å². The van der Waals surface area contributed by atoms with Gasteiger partial charge in [-0.15, -0.1) is 0 Å². The van der Waals surface area contributed by atoms with Crippen LogP contribution < -0.4 is 5.32 Å². The highest BCUT2D eigenvalue weighted by Gasteiger charge is 2.02. The van der Waals surface area contributed by atoms with Crippen molar-refractivity contribution in [1.29, 1.82) is 0 Å². The summed E-state index contributed by atoms with van der Waals surface area (Å²) in [5, 5.41) is 3.34. The van der Waals surface area contributed by atoms with Crippen LogP contribution in [0.3, 0.4) is 0 Å². The first-order valence-corrected chi connectivity index (χ1v) is 5.94. The average molecular weight is 230 g/mol. The average Bonchev–Trinajstić information content (AvgIpc) is 2.76. The number of rotatable bonds is 4. The summed E-state index contributed by atoms with van der Waals surface area (Å²) in [6.45, 7) is 6.79. The Morgan fingerprint density at radius 3 is 2.53 bits per heavy atom. The Labute approximate surface area is 102 Å². The Kier molecular flexibility index (Phi) is 3.47. The molecule has 2 aromatic heterocycles. The van der Waals surface area contributed by atoms with Gasteiger partial charge in [-0.05, 0) is 38.1 Å². The molecule has 0 aliphatic carbocycles. The molecule has 3 heteroatoms. The van der Waals surface area contributed by atoms with Gasteiger partial charge in [-0.2, -0.15) is 0 Å². The topological polar surface area (TPSA) is 38.1 Å². The number of hydrogen-bond donors (Lipinski definition) is 1. The van der Waals surface area contributed by atoms with Crippen LogP contribution in [0.4, 0.5) is 5.69 Å². The van der Waals surface area contributed by atoms with Crippen LogP contribution in [0.1, 0.15) is 29.8 Å². The van der Waals surface area contributed by atoms with Crippen LogP contribution in [0.25, 0.3) is 0 Å². The van der Waals surface area contributed by atoms with E-state index in [9.17, 15) is 0 Å². The van der Waals surface area contributed by atoms with Gasteiger partial charge in [-0.1, -0.05) is 6.92 Å². The van der Waals surface area contributed by atoms with Crippen LogP contribution in [0.15, 0.2) is 28.7 Å². The lowest BCUT2D eigenvalue weighted by molar-refractivity contribution is 0.476. The fraction of sp³-hybridized carbons (Fsp3) is 0.357. The van der Waals surface area contributed by atoms with Crippen molar-refractivity contribution in [3.63, 3.8) is 0 Å². The van der Waals surface area contributed by atoms with Gasteiger partial charge in [0.1, 0.15) is 11.5 Å². The first-order valence-electron chi connectivity index (χ1n) is 5.94. The number of nitrogens with zero attached hydrogens (tertiary/aromatic N) is 1. The minimum absolute atomic E-state index is 0.700. The van der Waals surface area contributed by atoms with E-state index in [0.717, 1.165) is 35.0 Å². The second-order valence-electron chi connectivity index (χ2n) is 4.16. The van der Waals surface area contributed by atoms with Gasteiger partial charge in [0, 0.05) is 12.1 Å². The van der Waals surface area contributed by atoms with Crippen molar-refractivity contribution in [3.05, 3.63) is 47.2 Å². The summed E-state index contributed by atoms with van der Waals surface area (Å²) >= 11 is 0.